The Morgan fingerprint density at radius 3 is 1.41 bits per heavy atom. The molecule has 0 radical (unpaired) electrons. The van der Waals surface area contributed by atoms with Gasteiger partial charge >= 0.3 is 31.1 Å². The number of carbonyl (C=O) groups excluding carboxylic acids is 5. The zero-order chi connectivity index (χ0) is 91.6. The third-order valence-electron chi connectivity index (χ3n) is 24.7. The monoisotopic (exact) mass is 1810 g/mol. The van der Waals surface area contributed by atoms with E-state index >= 15 is 0 Å². The van der Waals surface area contributed by atoms with Gasteiger partial charge in [-0.15, -0.1) is 0 Å². The summed E-state index contributed by atoms with van der Waals surface area (Å²) in [6.45, 7) is 17.4. The summed E-state index contributed by atoms with van der Waals surface area (Å²) in [5.74, 6) is -1.52. The predicted molar refractivity (Wildman–Crippen MR) is 499 cm³/mol. The van der Waals surface area contributed by atoms with Crippen LogP contribution in [-0.2, 0) is 56.2 Å². The summed E-state index contributed by atoms with van der Waals surface area (Å²) < 4.78 is 77.5. The van der Waals surface area contributed by atoms with Crippen LogP contribution in [0.1, 0.15) is 412 Å². The lowest BCUT2D eigenvalue weighted by Gasteiger charge is -2.40. The van der Waals surface area contributed by atoms with Crippen molar-refractivity contribution in [2.75, 3.05) is 58.6 Å². The number of benzene rings is 1. The average Bonchev–Trinajstić information content (AvgIpc) is 1.62. The molecule has 8 atom stereocenters. The van der Waals surface area contributed by atoms with Crippen molar-refractivity contribution in [3.05, 3.63) is 73.5 Å². The Bertz CT molecular complexity index is 3680. The van der Waals surface area contributed by atoms with Crippen molar-refractivity contribution in [3.63, 3.8) is 0 Å². The summed E-state index contributed by atoms with van der Waals surface area (Å²) in [6, 6.07) is 5.89. The highest BCUT2D eigenvalue weighted by molar-refractivity contribution is 7.47. The van der Waals surface area contributed by atoms with Crippen LogP contribution < -0.4 is 36.5 Å². The second-order valence-corrected chi connectivity index (χ2v) is 43.0. The Morgan fingerprint density at radius 2 is 0.992 bits per heavy atom. The number of anilines is 1. The van der Waals surface area contributed by atoms with E-state index in [1.807, 2.05) is 33.9 Å². The van der Waals surface area contributed by atoms with Crippen molar-refractivity contribution in [1.29, 1.82) is 0 Å². The molecule has 2 aliphatic rings. The van der Waals surface area contributed by atoms with Crippen molar-refractivity contribution >= 4 is 51.5 Å². The smallest absolute Gasteiger partial charge is 0.472 e. The number of aromatic amines is 1. The molecule has 2 amide bonds. The molecule has 4 N–H and O–H groups in total. The number of likely N-dealkylation sites (N-methyl/N-ethyl adjacent to an activating group) is 1. The number of phosphoric acid groups is 1. The van der Waals surface area contributed by atoms with Crippen LogP contribution in [0, 0.1) is 0 Å². The molecule has 0 aliphatic carbocycles. The Balaban J connectivity index is 1.19. The Morgan fingerprint density at radius 1 is 0.563 bits per heavy atom. The Kier molecular flexibility index (Phi) is 56.6. The molecule has 0 spiro atoms. The van der Waals surface area contributed by atoms with E-state index in [1.54, 1.807) is 19.2 Å². The van der Waals surface area contributed by atoms with Crippen LogP contribution >= 0.6 is 7.82 Å². The van der Waals surface area contributed by atoms with Gasteiger partial charge in [-0.3, -0.25) is 47.1 Å². The first-order valence-electron chi connectivity index (χ1n) is 49.3. The summed E-state index contributed by atoms with van der Waals surface area (Å²) >= 11 is 0. The van der Waals surface area contributed by atoms with Gasteiger partial charge in [-0.1, -0.05) is 330 Å². The lowest BCUT2D eigenvalue weighted by atomic mass is 10.0. The molecule has 2 aliphatic heterocycles. The molecule has 4 heterocycles. The number of aliphatic hydroxyl groups is 1. The van der Waals surface area contributed by atoms with E-state index in [4.69, 9.17) is 46.6 Å². The van der Waals surface area contributed by atoms with Gasteiger partial charge in [0.05, 0.1) is 52.4 Å². The van der Waals surface area contributed by atoms with Crippen LogP contribution in [0.2, 0.25) is 18.1 Å². The molecule has 3 aromatic rings. The van der Waals surface area contributed by atoms with Crippen molar-refractivity contribution in [1.82, 2.24) is 24.0 Å². The number of nitrogens with one attached hydrogen (secondary N) is 2. The number of aromatic nitrogens is 4. The molecule has 0 saturated carbocycles. The van der Waals surface area contributed by atoms with E-state index in [0.29, 0.717) is 42.6 Å². The topological polar surface area (TPSA) is 340 Å². The maximum absolute atomic E-state index is 14.5. The first kappa shape index (κ1) is 110. The van der Waals surface area contributed by atoms with E-state index in [0.717, 1.165) is 73.0 Å². The minimum atomic E-state index is -5.25. The highest BCUT2D eigenvalue weighted by Gasteiger charge is 2.54. The molecule has 29 heteroatoms. The number of hydrogen-bond donors (Lipinski definition) is 4. The number of hydrogen-bond acceptors (Lipinski definition) is 21. The Labute approximate surface area is 756 Å². The van der Waals surface area contributed by atoms with E-state index in [-0.39, 0.29) is 62.8 Å². The van der Waals surface area contributed by atoms with Gasteiger partial charge in [0.25, 0.3) is 11.5 Å². The van der Waals surface area contributed by atoms with Gasteiger partial charge in [0.2, 0.25) is 11.7 Å². The highest BCUT2D eigenvalue weighted by atomic mass is 31.2. The Hall–Kier alpha value is -6.10. The fraction of sp³-hybridized carbons (Fsp3) is 0.804. The number of aliphatic hydroxyl groups excluding tert-OH is 1. The maximum atomic E-state index is 14.5. The van der Waals surface area contributed by atoms with Crippen molar-refractivity contribution in [2.24, 2.45) is 0 Å². The SMILES string of the molecule is CCCCCCCCCCCCCCCCCCOc1cc(C(=O)N(C)CCOC(=O)CCC(=O)Nc2ccn([C@H]3CC(OC(=O)CCC(C)=O)[C@@H](COP(=O)(O)OC4[C@@H](CO)O[C@@H](n5ccc(=O)[nH]c5=O)[C@H]4O[Si](C)(C)C(C)(C)C)O3)c(=O)n2)cc(OCCCCCCCCCCCCCCCCCC)c1OCCCCCCCCCCCCCCCCCC. The van der Waals surface area contributed by atoms with Gasteiger partial charge in [0.15, 0.2) is 26.0 Å². The molecule has 1 aromatic carbocycles. The molecule has 720 valence electrons. The lowest BCUT2D eigenvalue weighted by molar-refractivity contribution is -0.153. The summed E-state index contributed by atoms with van der Waals surface area (Å²) in [5.41, 5.74) is -2.15. The fourth-order valence-corrected chi connectivity index (χ4v) is 18.1. The van der Waals surface area contributed by atoms with Crippen LogP contribution in [0.25, 0.3) is 0 Å². The second kappa shape index (κ2) is 64.6. The molecule has 0 bridgehead atoms. The normalized spacial score (nSPS) is 17.6. The number of phosphoric ester groups is 1. The zero-order valence-corrected chi connectivity index (χ0v) is 81.2. The van der Waals surface area contributed by atoms with Crippen LogP contribution in [0.15, 0.2) is 51.0 Å². The molecule has 2 fully saturated rings. The second-order valence-electron chi connectivity index (χ2n) is 36.8. The minimum Gasteiger partial charge on any atom is -0.490 e. The number of esters is 2. The molecular weight excluding hydrogens is 1640 g/mol. The number of nitrogens with zero attached hydrogens (tertiary/aromatic N) is 4. The van der Waals surface area contributed by atoms with E-state index < -0.39 is 112 Å². The minimum absolute atomic E-state index is 0.0284. The van der Waals surface area contributed by atoms with Gasteiger partial charge in [0.1, 0.15) is 55.0 Å². The summed E-state index contributed by atoms with van der Waals surface area (Å²) in [5, 5.41) is 12.6. The van der Waals surface area contributed by atoms with Crippen LogP contribution in [0.4, 0.5) is 5.82 Å². The number of ketones is 1. The number of Topliss-reactive ketones (excluding diaryl/α,β-unsaturated/α-hetero) is 1. The van der Waals surface area contributed by atoms with E-state index in [1.165, 1.54) is 281 Å². The average molecular weight is 1810 g/mol. The van der Waals surface area contributed by atoms with Crippen molar-refractivity contribution in [3.8, 4) is 17.2 Å². The van der Waals surface area contributed by atoms with E-state index in [2.05, 4.69) is 36.1 Å². The largest absolute Gasteiger partial charge is 0.490 e. The lowest BCUT2D eigenvalue weighted by Crippen LogP contribution is -2.50. The number of unbranched alkanes of at least 4 members (excludes halogenated alkanes) is 45. The van der Waals surface area contributed by atoms with Crippen LogP contribution in [-0.4, -0.2) is 156 Å². The van der Waals surface area contributed by atoms with Gasteiger partial charge in [-0.25, -0.2) is 14.2 Å². The number of rotatable bonds is 76. The van der Waals surface area contributed by atoms with Gasteiger partial charge in [-0.2, -0.15) is 4.98 Å². The fourth-order valence-electron chi connectivity index (χ4n) is 15.8. The molecule has 5 rings (SSSR count). The number of carbonyl (C=O) groups is 5. The molecule has 2 aromatic heterocycles. The molecular formula is C97H167N6O21PSi. The number of amides is 2. The van der Waals surface area contributed by atoms with Gasteiger partial charge in [-0.05, 0) is 62.5 Å². The van der Waals surface area contributed by atoms with Crippen molar-refractivity contribution in [2.45, 2.75) is 450 Å². The van der Waals surface area contributed by atoms with Crippen molar-refractivity contribution < 1.29 is 85.2 Å². The maximum Gasteiger partial charge on any atom is 0.472 e. The van der Waals surface area contributed by atoms with E-state index in [9.17, 15) is 52.9 Å². The predicted octanol–water partition coefficient (Wildman–Crippen LogP) is 22.1. The first-order chi connectivity index (χ1) is 60.7. The van der Waals surface area contributed by atoms with Crippen LogP contribution in [0.5, 0.6) is 17.2 Å². The third kappa shape index (κ3) is 45.6. The highest BCUT2D eigenvalue weighted by Crippen LogP contribution is 2.51. The zero-order valence-electron chi connectivity index (χ0n) is 79.3. The molecule has 3 unspecified atom stereocenters. The standard InChI is InChI=1S/C97H167N6O21PSi/c1-11-14-17-20-23-26-29-32-35-38-41-44-47-50-53-56-68-115-80-72-78(73-81(116-69-57-54-51-48-45-42-39-36-33-30-27-24-21-18-15-12-2)90(80)118-70-58-55-52-49-46-43-40-37-34-31-28-25-22-19-16-13-3)93(110)101(8)67-71-117-88(108)62-60-85(106)98-84-63-65-102(95(111)99-84)87-74-79(121-89(109)61-59-77(4)105)83(120-87)76-119-125(113,114)123-91-82(75-104)122-94(103-66-64-86(107)100-96(103)112)92(91)124-126(9,10)97(5,6)7/h63-66,72-73,79,82-83,87,91-92,94,104H,11-62,67-71,74-76H2,1-10H3,(H,113,114)(H,100,107,112)(H,98,99,106,111)/t79?,82-,83-,87-,91?,92+,94-/m1/s1. The third-order valence-corrected chi connectivity index (χ3v) is 30.1. The first-order valence-corrected chi connectivity index (χ1v) is 53.7. The summed E-state index contributed by atoms with van der Waals surface area (Å²) in [4.78, 5) is 124. The quantitative estimate of drug-likeness (QED) is 0.0176. The molecule has 126 heavy (non-hydrogen) atoms. The number of H-pyrrole nitrogens is 1. The summed E-state index contributed by atoms with van der Waals surface area (Å²) in [7, 11) is -6.46. The van der Waals surface area contributed by atoms with Gasteiger partial charge < -0.3 is 62.6 Å². The molecule has 27 nitrogen and oxygen atoms in total. The summed E-state index contributed by atoms with van der Waals surface area (Å²) in [6.07, 6.45) is 52.4. The van der Waals surface area contributed by atoms with Gasteiger partial charge in [0, 0.05) is 50.3 Å². The van der Waals surface area contributed by atoms with Crippen LogP contribution in [0.3, 0.4) is 0 Å². The number of ether oxygens (including phenoxy) is 7. The molecule has 2 saturated heterocycles.